The Balaban J connectivity index is 2.06. The van der Waals surface area contributed by atoms with Crippen molar-refractivity contribution in [3.63, 3.8) is 0 Å². The minimum Gasteiger partial charge on any atom is -0.296 e. The van der Waals surface area contributed by atoms with Crippen LogP contribution in [0, 0.1) is 0 Å². The molecule has 24 heavy (non-hydrogen) atoms. The number of aromatic nitrogens is 2. The van der Waals surface area contributed by atoms with E-state index in [1.54, 1.807) is 0 Å². The second kappa shape index (κ2) is 7.75. The molecule has 2 rings (SSSR count). The molecule has 0 unspecified atom stereocenters. The third-order valence-electron chi connectivity index (χ3n) is 3.11. The average Bonchev–Trinajstić information content (AvgIpc) is 3.00. The highest BCUT2D eigenvalue weighted by Gasteiger charge is 2.26. The van der Waals surface area contributed by atoms with E-state index >= 15 is 0 Å². The van der Waals surface area contributed by atoms with Gasteiger partial charge in [-0.3, -0.25) is 10.1 Å². The summed E-state index contributed by atoms with van der Waals surface area (Å²) in [7, 11) is -4.67. The zero-order chi connectivity index (χ0) is 17.7. The topological polar surface area (TPSA) is 89.0 Å². The lowest BCUT2D eigenvalue weighted by Crippen LogP contribution is -2.14. The van der Waals surface area contributed by atoms with Crippen molar-refractivity contribution in [2.75, 3.05) is 5.32 Å². The maximum Gasteiger partial charge on any atom is 0.341 e. The maximum absolute atomic E-state index is 12.5. The van der Waals surface area contributed by atoms with Gasteiger partial charge in [0, 0.05) is 12.0 Å². The minimum atomic E-state index is -4.67. The van der Waals surface area contributed by atoms with Gasteiger partial charge < -0.3 is 0 Å². The summed E-state index contributed by atoms with van der Waals surface area (Å²) in [5.74, 6) is -4.02. The summed E-state index contributed by atoms with van der Waals surface area (Å²) in [4.78, 5) is 11.5. The molecule has 130 valence electrons. The van der Waals surface area contributed by atoms with Crippen molar-refractivity contribution in [2.24, 2.45) is 0 Å². The number of halogens is 2. The van der Waals surface area contributed by atoms with Gasteiger partial charge >= 0.3 is 5.76 Å². The standard InChI is InChI=1S/C14H15F2N3O3S2/c1-2-3-4-11-18-19-14(23-11)17-12(20)9-5-7-10(8-6-9)24(21,22)13(15)16/h5-8,13H,2-4H2,1H3,(H,17,19,20). The van der Waals surface area contributed by atoms with Crippen LogP contribution in [0.2, 0.25) is 0 Å². The molecule has 1 amide bonds. The Morgan fingerprint density at radius 2 is 1.92 bits per heavy atom. The van der Waals surface area contributed by atoms with Gasteiger partial charge in [-0.15, -0.1) is 10.2 Å². The molecular formula is C14H15F2N3O3S2. The molecule has 0 saturated heterocycles. The minimum absolute atomic E-state index is 0.133. The highest BCUT2D eigenvalue weighted by molar-refractivity contribution is 7.91. The van der Waals surface area contributed by atoms with Crippen LogP contribution in [-0.4, -0.2) is 30.3 Å². The first-order chi connectivity index (χ1) is 11.3. The van der Waals surface area contributed by atoms with Gasteiger partial charge in [-0.1, -0.05) is 24.7 Å². The van der Waals surface area contributed by atoms with E-state index in [4.69, 9.17) is 0 Å². The molecule has 0 spiro atoms. The quantitative estimate of drug-likeness (QED) is 0.803. The molecule has 0 atom stereocenters. The lowest BCUT2D eigenvalue weighted by atomic mass is 10.2. The Bertz CT molecular complexity index is 805. The van der Waals surface area contributed by atoms with Crippen LogP contribution < -0.4 is 5.32 Å². The van der Waals surface area contributed by atoms with Crippen molar-refractivity contribution in [1.82, 2.24) is 10.2 Å². The van der Waals surface area contributed by atoms with Crippen LogP contribution in [0.1, 0.15) is 35.1 Å². The fourth-order valence-corrected chi connectivity index (χ4v) is 3.30. The Hall–Kier alpha value is -1.94. The predicted molar refractivity (Wildman–Crippen MR) is 86.1 cm³/mol. The molecule has 0 radical (unpaired) electrons. The number of hydrogen-bond donors (Lipinski definition) is 1. The maximum atomic E-state index is 12.5. The number of carbonyl (C=O) groups is 1. The van der Waals surface area contributed by atoms with E-state index in [1.807, 2.05) is 0 Å². The van der Waals surface area contributed by atoms with E-state index in [0.29, 0.717) is 5.13 Å². The first-order valence-electron chi connectivity index (χ1n) is 7.10. The second-order valence-corrected chi connectivity index (χ2v) is 7.87. The second-order valence-electron chi connectivity index (χ2n) is 4.89. The van der Waals surface area contributed by atoms with Gasteiger partial charge in [0.25, 0.3) is 5.91 Å². The van der Waals surface area contributed by atoms with Gasteiger partial charge in [0.05, 0.1) is 4.90 Å². The van der Waals surface area contributed by atoms with E-state index in [1.165, 1.54) is 23.5 Å². The molecule has 0 aliphatic carbocycles. The van der Waals surface area contributed by atoms with Gasteiger partial charge in [-0.25, -0.2) is 8.42 Å². The van der Waals surface area contributed by atoms with Crippen molar-refractivity contribution in [2.45, 2.75) is 36.8 Å². The van der Waals surface area contributed by atoms with Gasteiger partial charge in [0.15, 0.2) is 0 Å². The zero-order valence-corrected chi connectivity index (χ0v) is 14.3. The smallest absolute Gasteiger partial charge is 0.296 e. The molecular weight excluding hydrogens is 360 g/mol. The first-order valence-corrected chi connectivity index (χ1v) is 9.46. The summed E-state index contributed by atoms with van der Waals surface area (Å²) in [6, 6.07) is 4.29. The number of unbranched alkanes of at least 4 members (excludes halogenated alkanes) is 1. The summed E-state index contributed by atoms with van der Waals surface area (Å²) in [6.07, 6.45) is 2.78. The highest BCUT2D eigenvalue weighted by atomic mass is 32.2. The lowest BCUT2D eigenvalue weighted by Gasteiger charge is -2.04. The lowest BCUT2D eigenvalue weighted by molar-refractivity contribution is 0.102. The number of carbonyl (C=O) groups excluding carboxylic acids is 1. The van der Waals surface area contributed by atoms with Crippen molar-refractivity contribution in [3.05, 3.63) is 34.8 Å². The summed E-state index contributed by atoms with van der Waals surface area (Å²) < 4.78 is 47.6. The third kappa shape index (κ3) is 4.32. The molecule has 1 heterocycles. The van der Waals surface area contributed by atoms with Crippen LogP contribution in [0.3, 0.4) is 0 Å². The number of aryl methyl sites for hydroxylation is 1. The Morgan fingerprint density at radius 3 is 2.50 bits per heavy atom. The Morgan fingerprint density at radius 1 is 1.25 bits per heavy atom. The largest absolute Gasteiger partial charge is 0.341 e. The summed E-state index contributed by atoms with van der Waals surface area (Å²) >= 11 is 1.26. The number of nitrogens with one attached hydrogen (secondary N) is 1. The van der Waals surface area contributed by atoms with Crippen LogP contribution in [0.15, 0.2) is 29.2 Å². The molecule has 1 N–H and O–H groups in total. The molecule has 0 bridgehead atoms. The Labute approximate surface area is 141 Å². The number of nitrogens with zero attached hydrogens (tertiary/aromatic N) is 2. The molecule has 2 aromatic rings. The van der Waals surface area contributed by atoms with Gasteiger partial charge in [-0.2, -0.15) is 8.78 Å². The number of alkyl halides is 2. The number of anilines is 1. The monoisotopic (exact) mass is 375 g/mol. The van der Waals surface area contributed by atoms with Gasteiger partial charge in [0.2, 0.25) is 15.0 Å². The molecule has 1 aromatic carbocycles. The van der Waals surface area contributed by atoms with Crippen molar-refractivity contribution < 1.29 is 22.0 Å². The number of sulfone groups is 1. The van der Waals surface area contributed by atoms with Crippen LogP contribution in [-0.2, 0) is 16.3 Å². The SMILES string of the molecule is CCCCc1nnc(NC(=O)c2ccc(S(=O)(=O)C(F)F)cc2)s1. The number of amides is 1. The van der Waals surface area contributed by atoms with Crippen LogP contribution in [0.4, 0.5) is 13.9 Å². The van der Waals surface area contributed by atoms with Crippen LogP contribution in [0.5, 0.6) is 0 Å². The van der Waals surface area contributed by atoms with Crippen molar-refractivity contribution in [1.29, 1.82) is 0 Å². The normalized spacial score (nSPS) is 11.7. The van der Waals surface area contributed by atoms with Gasteiger partial charge in [0.1, 0.15) is 5.01 Å². The molecule has 0 aliphatic rings. The number of rotatable bonds is 7. The van der Waals surface area contributed by atoms with Crippen molar-refractivity contribution >= 4 is 32.2 Å². The first kappa shape index (κ1) is 18.4. The van der Waals surface area contributed by atoms with E-state index in [-0.39, 0.29) is 5.56 Å². The summed E-state index contributed by atoms with van der Waals surface area (Å²) in [5.41, 5.74) is 0.133. The zero-order valence-electron chi connectivity index (χ0n) is 12.7. The average molecular weight is 375 g/mol. The summed E-state index contributed by atoms with van der Waals surface area (Å²) in [6.45, 7) is 2.06. The van der Waals surface area contributed by atoms with E-state index in [0.717, 1.165) is 36.4 Å². The molecule has 10 heteroatoms. The van der Waals surface area contributed by atoms with Crippen LogP contribution in [0.25, 0.3) is 0 Å². The molecule has 0 fully saturated rings. The summed E-state index contributed by atoms with van der Waals surface area (Å²) in [5, 5.41) is 11.5. The molecule has 0 saturated carbocycles. The van der Waals surface area contributed by atoms with Crippen molar-refractivity contribution in [3.8, 4) is 0 Å². The fourth-order valence-electron chi connectivity index (χ4n) is 1.80. The fraction of sp³-hybridized carbons (Fsp3) is 0.357. The molecule has 6 nitrogen and oxygen atoms in total. The third-order valence-corrected chi connectivity index (χ3v) is 5.41. The molecule has 0 aliphatic heterocycles. The predicted octanol–water partition coefficient (Wildman–Crippen LogP) is 3.13. The van der Waals surface area contributed by atoms with Crippen LogP contribution >= 0.6 is 11.3 Å². The number of hydrogen-bond acceptors (Lipinski definition) is 6. The Kier molecular flexibility index (Phi) is 5.94. The molecule has 1 aromatic heterocycles. The van der Waals surface area contributed by atoms with Gasteiger partial charge in [-0.05, 0) is 30.7 Å². The number of benzene rings is 1. The van der Waals surface area contributed by atoms with E-state index in [9.17, 15) is 22.0 Å². The highest BCUT2D eigenvalue weighted by Crippen LogP contribution is 2.20. The van der Waals surface area contributed by atoms with E-state index in [2.05, 4.69) is 22.4 Å². The van der Waals surface area contributed by atoms with E-state index < -0.39 is 26.4 Å².